The van der Waals surface area contributed by atoms with Crippen LogP contribution in [0.1, 0.15) is 12.8 Å². The van der Waals surface area contributed by atoms with Crippen molar-refractivity contribution in [1.82, 2.24) is 4.90 Å². The Morgan fingerprint density at radius 1 is 1.58 bits per heavy atom. The average Bonchev–Trinajstić information content (AvgIpc) is 1.82. The lowest BCUT2D eigenvalue weighted by atomic mass is 10.1. The van der Waals surface area contributed by atoms with Crippen molar-refractivity contribution >= 4 is 7.14 Å². The van der Waals surface area contributed by atoms with E-state index < -0.39 is 7.14 Å². The molecule has 0 radical (unpaired) electrons. The first-order chi connectivity index (χ1) is 5.47. The van der Waals surface area contributed by atoms with E-state index in [1.54, 1.807) is 0 Å². The van der Waals surface area contributed by atoms with E-state index in [9.17, 15) is 4.57 Å². The largest absolute Gasteiger partial charge is 0.327 e. The van der Waals surface area contributed by atoms with E-state index >= 15 is 0 Å². The molecule has 1 atom stereocenters. The van der Waals surface area contributed by atoms with Gasteiger partial charge in [0.15, 0.2) is 0 Å². The maximum absolute atomic E-state index is 11.5. The van der Waals surface area contributed by atoms with Gasteiger partial charge in [-0.25, -0.2) is 0 Å². The predicted octanol–water partition coefficient (Wildman–Crippen LogP) is 0.990. The molecule has 2 N–H and O–H groups in total. The third-order valence-electron chi connectivity index (χ3n) is 2.08. The molecule has 1 saturated heterocycles. The van der Waals surface area contributed by atoms with Crippen LogP contribution in [0.4, 0.5) is 0 Å². The van der Waals surface area contributed by atoms with Crippen molar-refractivity contribution in [3.63, 3.8) is 0 Å². The quantitative estimate of drug-likeness (QED) is 0.660. The second kappa shape index (κ2) is 3.91. The summed E-state index contributed by atoms with van der Waals surface area (Å²) < 4.78 is 11.5. The highest BCUT2D eigenvalue weighted by atomic mass is 31.2. The third-order valence-corrected chi connectivity index (χ3v) is 3.16. The lowest BCUT2D eigenvalue weighted by Gasteiger charge is -2.31. The van der Waals surface area contributed by atoms with Crippen LogP contribution in [0.15, 0.2) is 0 Å². The van der Waals surface area contributed by atoms with Crippen molar-refractivity contribution < 1.29 is 4.57 Å². The molecule has 0 aromatic heterocycles. The molecule has 0 aromatic rings. The van der Waals surface area contributed by atoms with Crippen LogP contribution >= 0.6 is 7.14 Å². The third kappa shape index (κ3) is 3.70. The van der Waals surface area contributed by atoms with Gasteiger partial charge in [0.25, 0.3) is 0 Å². The van der Waals surface area contributed by atoms with Crippen LogP contribution in [0.2, 0.25) is 0 Å². The van der Waals surface area contributed by atoms with Crippen molar-refractivity contribution in [2.45, 2.75) is 18.9 Å². The first-order valence-electron chi connectivity index (χ1n) is 4.49. The summed E-state index contributed by atoms with van der Waals surface area (Å²) in [6.45, 7) is 5.67. The van der Waals surface area contributed by atoms with Crippen LogP contribution < -0.4 is 5.73 Å². The Labute approximate surface area is 74.7 Å². The summed E-state index contributed by atoms with van der Waals surface area (Å²) in [5, 5.41) is 0. The molecule has 0 amide bonds. The van der Waals surface area contributed by atoms with Crippen molar-refractivity contribution in [1.29, 1.82) is 0 Å². The molecule has 1 aliphatic heterocycles. The highest BCUT2D eigenvalue weighted by molar-refractivity contribution is 7.62. The minimum Gasteiger partial charge on any atom is -0.327 e. The average molecular weight is 190 g/mol. The molecule has 12 heavy (non-hydrogen) atoms. The predicted molar refractivity (Wildman–Crippen MR) is 53.1 cm³/mol. The zero-order chi connectivity index (χ0) is 9.19. The van der Waals surface area contributed by atoms with Gasteiger partial charge in [-0.3, -0.25) is 4.90 Å². The van der Waals surface area contributed by atoms with Crippen LogP contribution in [0.5, 0.6) is 0 Å². The SMILES string of the molecule is CP(C)(=O)CN1CCCC(N)C1. The number of piperidine rings is 1. The van der Waals surface area contributed by atoms with E-state index in [1.807, 2.05) is 13.3 Å². The van der Waals surface area contributed by atoms with Gasteiger partial charge in [0.2, 0.25) is 0 Å². The Hall–Kier alpha value is 0.150. The first kappa shape index (κ1) is 10.2. The summed E-state index contributed by atoms with van der Waals surface area (Å²) in [6.07, 6.45) is 3.01. The fourth-order valence-corrected chi connectivity index (χ4v) is 2.92. The number of likely N-dealkylation sites (tertiary alicyclic amines) is 1. The molecule has 0 aromatic carbocycles. The molecule has 72 valence electrons. The first-order valence-corrected chi connectivity index (χ1v) is 7.28. The lowest BCUT2D eigenvalue weighted by molar-refractivity contribution is 0.238. The number of hydrogen-bond donors (Lipinski definition) is 1. The minimum atomic E-state index is -1.89. The van der Waals surface area contributed by atoms with Crippen LogP contribution in [0.25, 0.3) is 0 Å². The fraction of sp³-hybridized carbons (Fsp3) is 1.00. The Kier molecular flexibility index (Phi) is 3.33. The molecule has 0 spiro atoms. The van der Waals surface area contributed by atoms with Crippen molar-refractivity contribution in [2.75, 3.05) is 32.7 Å². The second-order valence-corrected chi connectivity index (χ2v) is 7.63. The molecule has 1 rings (SSSR count). The second-order valence-electron chi connectivity index (χ2n) is 4.19. The van der Waals surface area contributed by atoms with E-state index in [0.717, 1.165) is 32.2 Å². The van der Waals surface area contributed by atoms with E-state index in [1.165, 1.54) is 0 Å². The standard InChI is InChI=1S/C8H19N2OP/c1-12(2,11)7-10-5-3-4-8(9)6-10/h8H,3-7,9H2,1-2H3. The highest BCUT2D eigenvalue weighted by Gasteiger charge is 2.20. The maximum Gasteiger partial charge on any atom is 0.0951 e. The van der Waals surface area contributed by atoms with Gasteiger partial charge >= 0.3 is 0 Å². The van der Waals surface area contributed by atoms with Crippen LogP contribution in [0.3, 0.4) is 0 Å². The van der Waals surface area contributed by atoms with Gasteiger partial charge in [-0.15, -0.1) is 0 Å². The topological polar surface area (TPSA) is 46.3 Å². The van der Waals surface area contributed by atoms with Gasteiger partial charge in [-0.05, 0) is 32.7 Å². The number of nitrogens with zero attached hydrogens (tertiary/aromatic N) is 1. The fourth-order valence-electron chi connectivity index (χ4n) is 1.70. The zero-order valence-electron chi connectivity index (χ0n) is 7.99. The smallest absolute Gasteiger partial charge is 0.0951 e. The Bertz CT molecular complexity index is 189. The normalized spacial score (nSPS) is 27.4. The molecule has 3 nitrogen and oxygen atoms in total. The van der Waals surface area contributed by atoms with E-state index in [-0.39, 0.29) is 0 Å². The highest BCUT2D eigenvalue weighted by Crippen LogP contribution is 2.36. The summed E-state index contributed by atoms with van der Waals surface area (Å²) in [5.74, 6) is 0. The van der Waals surface area contributed by atoms with Crippen LogP contribution in [-0.4, -0.2) is 43.6 Å². The van der Waals surface area contributed by atoms with Gasteiger partial charge < -0.3 is 10.3 Å². The zero-order valence-corrected chi connectivity index (χ0v) is 8.89. The summed E-state index contributed by atoms with van der Waals surface area (Å²) in [6, 6.07) is 0.297. The molecule has 1 fully saturated rings. The van der Waals surface area contributed by atoms with Gasteiger partial charge in [0.1, 0.15) is 0 Å². The number of hydrogen-bond acceptors (Lipinski definition) is 3. The van der Waals surface area contributed by atoms with Crippen molar-refractivity contribution in [3.8, 4) is 0 Å². The Balaban J connectivity index is 2.37. The van der Waals surface area contributed by atoms with Crippen molar-refractivity contribution in [2.24, 2.45) is 5.73 Å². The van der Waals surface area contributed by atoms with Crippen LogP contribution in [-0.2, 0) is 4.57 Å². The molecule has 1 unspecified atom stereocenters. The van der Waals surface area contributed by atoms with Crippen molar-refractivity contribution in [3.05, 3.63) is 0 Å². The molecule has 0 saturated carbocycles. The van der Waals surface area contributed by atoms with Crippen LogP contribution in [0, 0.1) is 0 Å². The minimum absolute atomic E-state index is 0.297. The Morgan fingerprint density at radius 2 is 2.25 bits per heavy atom. The molecule has 1 aliphatic rings. The van der Waals surface area contributed by atoms with E-state index in [0.29, 0.717) is 6.04 Å². The molecule has 4 heteroatoms. The monoisotopic (exact) mass is 190 g/mol. The molecule has 1 heterocycles. The summed E-state index contributed by atoms with van der Waals surface area (Å²) >= 11 is 0. The number of rotatable bonds is 2. The van der Waals surface area contributed by atoms with Gasteiger partial charge in [0.05, 0.1) is 13.4 Å². The summed E-state index contributed by atoms with van der Waals surface area (Å²) in [7, 11) is -1.89. The molecule has 0 aliphatic carbocycles. The lowest BCUT2D eigenvalue weighted by Crippen LogP contribution is -2.42. The molecule has 0 bridgehead atoms. The van der Waals surface area contributed by atoms with E-state index in [2.05, 4.69) is 4.90 Å². The Morgan fingerprint density at radius 3 is 2.75 bits per heavy atom. The molecular weight excluding hydrogens is 171 g/mol. The number of nitrogens with two attached hydrogens (primary N) is 1. The van der Waals surface area contributed by atoms with Gasteiger partial charge in [-0.1, -0.05) is 0 Å². The van der Waals surface area contributed by atoms with Gasteiger partial charge in [0, 0.05) is 12.6 Å². The van der Waals surface area contributed by atoms with E-state index in [4.69, 9.17) is 5.73 Å². The molecular formula is C8H19N2OP. The maximum atomic E-state index is 11.5. The summed E-state index contributed by atoms with van der Waals surface area (Å²) in [4.78, 5) is 2.23. The van der Waals surface area contributed by atoms with Gasteiger partial charge in [-0.2, -0.15) is 0 Å². The summed E-state index contributed by atoms with van der Waals surface area (Å²) in [5.41, 5.74) is 5.81.